The number of piperazine rings is 1. The molecule has 20 heavy (non-hydrogen) atoms. The molecule has 0 aliphatic carbocycles. The van der Waals surface area contributed by atoms with Crippen molar-refractivity contribution in [2.24, 2.45) is 10.9 Å². The van der Waals surface area contributed by atoms with Crippen LogP contribution < -0.4 is 5.73 Å². The van der Waals surface area contributed by atoms with Gasteiger partial charge in [0.1, 0.15) is 4.88 Å². The summed E-state index contributed by atoms with van der Waals surface area (Å²) < 4.78 is 3.85. The van der Waals surface area contributed by atoms with Gasteiger partial charge in [-0.05, 0) is 18.0 Å². The van der Waals surface area contributed by atoms with Crippen LogP contribution in [0.15, 0.2) is 5.16 Å². The van der Waals surface area contributed by atoms with Crippen molar-refractivity contribution in [3.05, 3.63) is 10.6 Å². The van der Waals surface area contributed by atoms with Gasteiger partial charge in [-0.1, -0.05) is 16.6 Å². The minimum atomic E-state index is 0.000275. The topological polar surface area (TPSA) is 108 Å². The number of hydrogen-bond acceptors (Lipinski definition) is 7. The van der Waals surface area contributed by atoms with Gasteiger partial charge in [0.25, 0.3) is 5.91 Å². The zero-order valence-electron chi connectivity index (χ0n) is 11.3. The number of amidine groups is 1. The van der Waals surface area contributed by atoms with Crippen LogP contribution in [0.5, 0.6) is 0 Å². The molecule has 0 radical (unpaired) electrons. The number of nitrogens with two attached hydrogens (primary N) is 1. The van der Waals surface area contributed by atoms with Crippen LogP contribution in [0.25, 0.3) is 0 Å². The van der Waals surface area contributed by atoms with E-state index in [9.17, 15) is 4.79 Å². The molecule has 110 valence electrons. The fraction of sp³-hybridized carbons (Fsp3) is 0.636. The third-order valence-electron chi connectivity index (χ3n) is 3.26. The van der Waals surface area contributed by atoms with Gasteiger partial charge in [-0.15, -0.1) is 5.10 Å². The van der Waals surface area contributed by atoms with Gasteiger partial charge >= 0.3 is 0 Å². The molecule has 0 saturated carbocycles. The van der Waals surface area contributed by atoms with E-state index < -0.39 is 0 Å². The first kappa shape index (κ1) is 14.7. The van der Waals surface area contributed by atoms with Crippen molar-refractivity contribution in [3.8, 4) is 0 Å². The lowest BCUT2D eigenvalue weighted by atomic mass is 10.2. The Morgan fingerprint density at radius 3 is 2.75 bits per heavy atom. The van der Waals surface area contributed by atoms with Crippen molar-refractivity contribution in [3.63, 3.8) is 0 Å². The molecule has 0 bridgehead atoms. The quantitative estimate of drug-likeness (QED) is 0.339. The molecule has 8 nitrogen and oxygen atoms in total. The van der Waals surface area contributed by atoms with Crippen LogP contribution in [0, 0.1) is 0 Å². The van der Waals surface area contributed by atoms with Gasteiger partial charge in [0, 0.05) is 26.2 Å². The molecule has 2 heterocycles. The van der Waals surface area contributed by atoms with Gasteiger partial charge in [-0.2, -0.15) is 0 Å². The third-order valence-corrected chi connectivity index (χ3v) is 4.01. The molecule has 1 aliphatic heterocycles. The average Bonchev–Trinajstić information content (AvgIpc) is 2.95. The Hall–Kier alpha value is -1.74. The molecule has 1 aromatic rings. The standard InChI is InChI=1S/C11H18N6O2S/c1-2-8-10(20-15-13-8)11(18)17-5-3-16(4-6-17)7-9(12)14-19/h19H,2-7H2,1H3,(H2,12,14). The number of aromatic nitrogens is 2. The van der Waals surface area contributed by atoms with E-state index in [1.807, 2.05) is 11.8 Å². The molecule has 9 heteroatoms. The highest BCUT2D eigenvalue weighted by Gasteiger charge is 2.25. The van der Waals surface area contributed by atoms with Crippen molar-refractivity contribution in [2.45, 2.75) is 13.3 Å². The average molecular weight is 298 g/mol. The maximum atomic E-state index is 12.4. The number of carbonyl (C=O) groups is 1. The number of rotatable bonds is 4. The summed E-state index contributed by atoms with van der Waals surface area (Å²) in [5.74, 6) is 0.185. The molecule has 1 amide bonds. The van der Waals surface area contributed by atoms with E-state index in [0.717, 1.165) is 17.2 Å². The van der Waals surface area contributed by atoms with E-state index in [1.54, 1.807) is 4.90 Å². The molecule has 0 unspecified atom stereocenters. The molecule has 0 atom stereocenters. The van der Waals surface area contributed by atoms with Gasteiger partial charge < -0.3 is 15.8 Å². The van der Waals surface area contributed by atoms with Crippen LogP contribution in [-0.4, -0.2) is 69.1 Å². The van der Waals surface area contributed by atoms with Gasteiger partial charge in [0.2, 0.25) is 0 Å². The summed E-state index contributed by atoms with van der Waals surface area (Å²) in [5, 5.41) is 15.5. The predicted molar refractivity (Wildman–Crippen MR) is 75.0 cm³/mol. The molecule has 1 fully saturated rings. The first-order valence-corrected chi connectivity index (χ1v) is 7.22. The minimum absolute atomic E-state index is 0.000275. The highest BCUT2D eigenvalue weighted by molar-refractivity contribution is 7.08. The Morgan fingerprint density at radius 1 is 1.45 bits per heavy atom. The lowest BCUT2D eigenvalue weighted by molar-refractivity contribution is 0.0656. The number of nitrogens with zero attached hydrogens (tertiary/aromatic N) is 5. The van der Waals surface area contributed by atoms with Crippen molar-refractivity contribution in [1.29, 1.82) is 0 Å². The van der Waals surface area contributed by atoms with Crippen molar-refractivity contribution < 1.29 is 10.0 Å². The minimum Gasteiger partial charge on any atom is -0.409 e. The molecular weight excluding hydrogens is 280 g/mol. The summed E-state index contributed by atoms with van der Waals surface area (Å²) in [4.78, 5) is 16.9. The van der Waals surface area contributed by atoms with E-state index in [2.05, 4.69) is 14.7 Å². The third kappa shape index (κ3) is 3.23. The van der Waals surface area contributed by atoms with Gasteiger partial charge in [-0.3, -0.25) is 9.69 Å². The van der Waals surface area contributed by atoms with Crippen molar-refractivity contribution in [2.75, 3.05) is 32.7 Å². The Bertz CT molecular complexity index is 495. The van der Waals surface area contributed by atoms with Gasteiger partial charge in [0.15, 0.2) is 5.84 Å². The summed E-state index contributed by atoms with van der Waals surface area (Å²) in [6, 6.07) is 0. The zero-order chi connectivity index (χ0) is 14.5. The fourth-order valence-corrected chi connectivity index (χ4v) is 2.83. The summed E-state index contributed by atoms with van der Waals surface area (Å²) >= 11 is 1.15. The second-order valence-electron chi connectivity index (χ2n) is 4.56. The number of amides is 1. The summed E-state index contributed by atoms with van der Waals surface area (Å²) in [6.07, 6.45) is 0.709. The Labute approximate surface area is 121 Å². The van der Waals surface area contributed by atoms with E-state index in [-0.39, 0.29) is 11.7 Å². The summed E-state index contributed by atoms with van der Waals surface area (Å²) in [7, 11) is 0. The summed E-state index contributed by atoms with van der Waals surface area (Å²) in [5.41, 5.74) is 6.24. The van der Waals surface area contributed by atoms with Crippen LogP contribution in [0.2, 0.25) is 0 Å². The maximum absolute atomic E-state index is 12.4. The Morgan fingerprint density at radius 2 is 2.15 bits per heavy atom. The molecule has 2 rings (SSSR count). The van der Waals surface area contributed by atoms with Crippen LogP contribution in [0.3, 0.4) is 0 Å². The summed E-state index contributed by atoms with van der Waals surface area (Å²) in [6.45, 7) is 5.03. The van der Waals surface area contributed by atoms with Crippen molar-refractivity contribution >= 4 is 23.3 Å². The Balaban J connectivity index is 1.92. The second-order valence-corrected chi connectivity index (χ2v) is 5.32. The van der Waals surface area contributed by atoms with Gasteiger partial charge in [-0.25, -0.2) is 0 Å². The van der Waals surface area contributed by atoms with E-state index in [4.69, 9.17) is 10.9 Å². The van der Waals surface area contributed by atoms with Crippen LogP contribution in [0.1, 0.15) is 22.3 Å². The predicted octanol–water partition coefficient (Wildman–Crippen LogP) is -0.395. The highest BCUT2D eigenvalue weighted by Crippen LogP contribution is 2.15. The molecule has 3 N–H and O–H groups in total. The van der Waals surface area contributed by atoms with Gasteiger partial charge in [0.05, 0.1) is 12.2 Å². The second kappa shape index (κ2) is 6.62. The van der Waals surface area contributed by atoms with Crippen molar-refractivity contribution in [1.82, 2.24) is 19.4 Å². The Kier molecular flexibility index (Phi) is 4.85. The first-order chi connectivity index (χ1) is 9.65. The number of hydrogen-bond donors (Lipinski definition) is 2. The SMILES string of the molecule is CCc1nnsc1C(=O)N1CCN(CC(N)=NO)CC1. The van der Waals surface area contributed by atoms with Crippen LogP contribution in [-0.2, 0) is 6.42 Å². The monoisotopic (exact) mass is 298 g/mol. The normalized spacial score (nSPS) is 17.4. The fourth-order valence-electron chi connectivity index (χ4n) is 2.12. The van der Waals surface area contributed by atoms with E-state index in [1.165, 1.54) is 0 Å². The lowest BCUT2D eigenvalue weighted by Gasteiger charge is -2.34. The molecular formula is C11H18N6O2S. The molecule has 0 aromatic carbocycles. The molecule has 0 spiro atoms. The van der Waals surface area contributed by atoms with E-state index >= 15 is 0 Å². The molecule has 1 aliphatic rings. The maximum Gasteiger partial charge on any atom is 0.267 e. The van der Waals surface area contributed by atoms with Crippen LogP contribution >= 0.6 is 11.5 Å². The number of aryl methyl sites for hydroxylation is 1. The number of carbonyl (C=O) groups excluding carboxylic acids is 1. The van der Waals surface area contributed by atoms with Crippen LogP contribution in [0.4, 0.5) is 0 Å². The molecule has 1 aromatic heterocycles. The smallest absolute Gasteiger partial charge is 0.267 e. The molecule has 1 saturated heterocycles. The lowest BCUT2D eigenvalue weighted by Crippen LogP contribution is -2.50. The largest absolute Gasteiger partial charge is 0.409 e. The van der Waals surface area contributed by atoms with E-state index in [0.29, 0.717) is 44.0 Å². The number of oxime groups is 1. The highest BCUT2D eigenvalue weighted by atomic mass is 32.1. The zero-order valence-corrected chi connectivity index (χ0v) is 12.1. The first-order valence-electron chi connectivity index (χ1n) is 6.45.